The number of carbonyl (C=O) groups is 1. The SMILES string of the molecule is C[C@H]1CCN(C(=O)CN)[C@@H]1c1cccc(F)c1. The number of nitrogens with two attached hydrogens (primary N) is 1. The van der Waals surface area contributed by atoms with Crippen molar-refractivity contribution >= 4 is 5.91 Å². The van der Waals surface area contributed by atoms with Gasteiger partial charge in [-0.2, -0.15) is 0 Å². The summed E-state index contributed by atoms with van der Waals surface area (Å²) in [5, 5.41) is 0. The van der Waals surface area contributed by atoms with E-state index < -0.39 is 0 Å². The van der Waals surface area contributed by atoms with Gasteiger partial charge in [0.15, 0.2) is 0 Å². The molecule has 1 amide bonds. The van der Waals surface area contributed by atoms with E-state index >= 15 is 0 Å². The monoisotopic (exact) mass is 236 g/mol. The quantitative estimate of drug-likeness (QED) is 0.849. The minimum absolute atomic E-state index is 0.0124. The van der Waals surface area contributed by atoms with Crippen molar-refractivity contribution in [3.8, 4) is 0 Å². The van der Waals surface area contributed by atoms with Crippen LogP contribution in [-0.2, 0) is 4.79 Å². The fourth-order valence-electron chi connectivity index (χ4n) is 2.54. The number of nitrogens with zero attached hydrogens (tertiary/aromatic N) is 1. The highest BCUT2D eigenvalue weighted by Gasteiger charge is 2.34. The van der Waals surface area contributed by atoms with Crippen LogP contribution in [0.5, 0.6) is 0 Å². The Labute approximate surface area is 100 Å². The van der Waals surface area contributed by atoms with Crippen LogP contribution in [0.15, 0.2) is 24.3 Å². The number of likely N-dealkylation sites (tertiary alicyclic amines) is 1. The van der Waals surface area contributed by atoms with Crippen molar-refractivity contribution < 1.29 is 9.18 Å². The number of carbonyl (C=O) groups excluding carboxylic acids is 1. The summed E-state index contributed by atoms with van der Waals surface area (Å²) in [5.74, 6) is 0.0117. The summed E-state index contributed by atoms with van der Waals surface area (Å²) >= 11 is 0. The minimum Gasteiger partial charge on any atom is -0.334 e. The molecular weight excluding hydrogens is 219 g/mol. The summed E-state index contributed by atoms with van der Waals surface area (Å²) in [6.07, 6.45) is 0.937. The molecule has 4 heteroatoms. The van der Waals surface area contributed by atoms with Crippen LogP contribution in [0.2, 0.25) is 0 Å². The first-order valence-electron chi connectivity index (χ1n) is 5.88. The average molecular weight is 236 g/mol. The molecule has 0 unspecified atom stereocenters. The van der Waals surface area contributed by atoms with Crippen molar-refractivity contribution in [1.82, 2.24) is 4.90 Å². The van der Waals surface area contributed by atoms with Gasteiger partial charge in [0.05, 0.1) is 12.6 Å². The molecule has 0 radical (unpaired) electrons. The summed E-state index contributed by atoms with van der Waals surface area (Å²) in [5.41, 5.74) is 6.26. The van der Waals surface area contributed by atoms with E-state index in [1.807, 2.05) is 6.07 Å². The summed E-state index contributed by atoms with van der Waals surface area (Å²) < 4.78 is 13.2. The molecule has 2 atom stereocenters. The fourth-order valence-corrected chi connectivity index (χ4v) is 2.54. The average Bonchev–Trinajstić information content (AvgIpc) is 2.70. The van der Waals surface area contributed by atoms with Gasteiger partial charge in [0.25, 0.3) is 0 Å². The fraction of sp³-hybridized carbons (Fsp3) is 0.462. The van der Waals surface area contributed by atoms with Crippen molar-refractivity contribution in [3.05, 3.63) is 35.6 Å². The lowest BCUT2D eigenvalue weighted by atomic mass is 9.95. The highest BCUT2D eigenvalue weighted by Crippen LogP contribution is 2.36. The Kier molecular flexibility index (Phi) is 3.43. The number of rotatable bonds is 2. The highest BCUT2D eigenvalue weighted by atomic mass is 19.1. The standard InChI is InChI=1S/C13H17FN2O/c1-9-5-6-16(12(17)8-15)13(9)10-3-2-4-11(14)7-10/h2-4,7,9,13H,5-6,8,15H2,1H3/t9-,13-/m0/s1. The molecule has 0 aromatic heterocycles. The van der Waals surface area contributed by atoms with Crippen LogP contribution in [0.1, 0.15) is 24.9 Å². The number of hydrogen-bond acceptors (Lipinski definition) is 2. The number of amides is 1. The van der Waals surface area contributed by atoms with Gasteiger partial charge in [0.2, 0.25) is 5.91 Å². The molecule has 1 aromatic rings. The van der Waals surface area contributed by atoms with Gasteiger partial charge in [0, 0.05) is 6.54 Å². The third kappa shape index (κ3) is 2.31. The molecule has 1 saturated heterocycles. The van der Waals surface area contributed by atoms with Crippen LogP contribution in [0, 0.1) is 11.7 Å². The van der Waals surface area contributed by atoms with Gasteiger partial charge < -0.3 is 10.6 Å². The molecule has 0 saturated carbocycles. The van der Waals surface area contributed by atoms with E-state index in [2.05, 4.69) is 6.92 Å². The third-order valence-electron chi connectivity index (χ3n) is 3.39. The molecule has 1 fully saturated rings. The van der Waals surface area contributed by atoms with Crippen LogP contribution < -0.4 is 5.73 Å². The molecular formula is C13H17FN2O. The Morgan fingerprint density at radius 3 is 3.00 bits per heavy atom. The summed E-state index contributed by atoms with van der Waals surface area (Å²) in [7, 11) is 0. The first-order valence-corrected chi connectivity index (χ1v) is 5.88. The zero-order chi connectivity index (χ0) is 12.4. The van der Waals surface area contributed by atoms with Crippen LogP contribution >= 0.6 is 0 Å². The predicted octanol–water partition coefficient (Wildman–Crippen LogP) is 1.69. The molecule has 0 bridgehead atoms. The van der Waals surface area contributed by atoms with E-state index in [-0.39, 0.29) is 24.3 Å². The Bertz CT molecular complexity index is 422. The second kappa shape index (κ2) is 4.84. The lowest BCUT2D eigenvalue weighted by Gasteiger charge is -2.27. The number of benzene rings is 1. The first-order chi connectivity index (χ1) is 8.13. The third-order valence-corrected chi connectivity index (χ3v) is 3.39. The smallest absolute Gasteiger partial charge is 0.236 e. The zero-order valence-corrected chi connectivity index (χ0v) is 9.90. The second-order valence-electron chi connectivity index (χ2n) is 4.56. The molecule has 1 aromatic carbocycles. The molecule has 1 aliphatic rings. The van der Waals surface area contributed by atoms with Gasteiger partial charge in [-0.25, -0.2) is 4.39 Å². The maximum absolute atomic E-state index is 13.2. The van der Waals surface area contributed by atoms with Gasteiger partial charge in [-0.15, -0.1) is 0 Å². The van der Waals surface area contributed by atoms with Crippen molar-refractivity contribution in [2.75, 3.05) is 13.1 Å². The summed E-state index contributed by atoms with van der Waals surface area (Å²) in [6, 6.07) is 6.43. The van der Waals surface area contributed by atoms with Crippen LogP contribution in [0.25, 0.3) is 0 Å². The Balaban J connectivity index is 2.30. The number of hydrogen-bond donors (Lipinski definition) is 1. The van der Waals surface area contributed by atoms with Gasteiger partial charge >= 0.3 is 0 Å². The van der Waals surface area contributed by atoms with Crippen molar-refractivity contribution in [2.24, 2.45) is 11.7 Å². The summed E-state index contributed by atoms with van der Waals surface area (Å²) in [6.45, 7) is 2.80. The lowest BCUT2D eigenvalue weighted by Crippen LogP contribution is -2.36. The van der Waals surface area contributed by atoms with E-state index in [0.717, 1.165) is 12.0 Å². The Hall–Kier alpha value is -1.42. The molecule has 0 spiro atoms. The topological polar surface area (TPSA) is 46.3 Å². The molecule has 17 heavy (non-hydrogen) atoms. The largest absolute Gasteiger partial charge is 0.334 e. The van der Waals surface area contributed by atoms with Gasteiger partial charge in [-0.3, -0.25) is 4.79 Å². The number of halogens is 1. The molecule has 2 rings (SSSR count). The first kappa shape index (κ1) is 12.0. The van der Waals surface area contributed by atoms with E-state index in [1.54, 1.807) is 11.0 Å². The normalized spacial score (nSPS) is 24.1. The van der Waals surface area contributed by atoms with E-state index in [4.69, 9.17) is 5.73 Å². The van der Waals surface area contributed by atoms with Crippen LogP contribution in [0.3, 0.4) is 0 Å². The molecule has 2 N–H and O–H groups in total. The van der Waals surface area contributed by atoms with Gasteiger partial charge in [-0.1, -0.05) is 19.1 Å². The molecule has 0 aliphatic carbocycles. The van der Waals surface area contributed by atoms with Crippen molar-refractivity contribution in [1.29, 1.82) is 0 Å². The zero-order valence-electron chi connectivity index (χ0n) is 9.90. The minimum atomic E-state index is -0.262. The van der Waals surface area contributed by atoms with E-state index in [1.165, 1.54) is 12.1 Å². The second-order valence-corrected chi connectivity index (χ2v) is 4.56. The van der Waals surface area contributed by atoms with Gasteiger partial charge in [0.1, 0.15) is 5.82 Å². The van der Waals surface area contributed by atoms with Crippen molar-refractivity contribution in [3.63, 3.8) is 0 Å². The van der Waals surface area contributed by atoms with Crippen molar-refractivity contribution in [2.45, 2.75) is 19.4 Å². The van der Waals surface area contributed by atoms with E-state index in [9.17, 15) is 9.18 Å². The van der Waals surface area contributed by atoms with Crippen LogP contribution in [0.4, 0.5) is 4.39 Å². The maximum atomic E-state index is 13.2. The molecule has 1 aliphatic heterocycles. The highest BCUT2D eigenvalue weighted by molar-refractivity contribution is 5.78. The molecule has 1 heterocycles. The predicted molar refractivity (Wildman–Crippen MR) is 63.7 cm³/mol. The van der Waals surface area contributed by atoms with Gasteiger partial charge in [-0.05, 0) is 30.0 Å². The van der Waals surface area contributed by atoms with E-state index in [0.29, 0.717) is 12.5 Å². The Morgan fingerprint density at radius 2 is 2.35 bits per heavy atom. The summed E-state index contributed by atoms with van der Waals surface area (Å²) in [4.78, 5) is 13.5. The molecule has 3 nitrogen and oxygen atoms in total. The maximum Gasteiger partial charge on any atom is 0.236 e. The molecule has 92 valence electrons. The Morgan fingerprint density at radius 1 is 1.59 bits per heavy atom. The lowest BCUT2D eigenvalue weighted by molar-refractivity contribution is -0.130. The van der Waals surface area contributed by atoms with Crippen LogP contribution in [-0.4, -0.2) is 23.9 Å².